The highest BCUT2D eigenvalue weighted by molar-refractivity contribution is 7.87. The number of aryl methyl sites for hydroxylation is 1. The average molecular weight is 292 g/mol. The van der Waals surface area contributed by atoms with Crippen molar-refractivity contribution in [3.8, 4) is 5.75 Å². The van der Waals surface area contributed by atoms with Crippen LogP contribution in [0.2, 0.25) is 0 Å². The molecule has 0 N–H and O–H groups in total. The molecular weight excluding hydrogens is 278 g/mol. The zero-order valence-electron chi connectivity index (χ0n) is 10.5. The second kappa shape index (κ2) is 4.72. The molecule has 19 heavy (non-hydrogen) atoms. The van der Waals surface area contributed by atoms with Crippen LogP contribution in [0.25, 0.3) is 0 Å². The predicted molar refractivity (Wildman–Crippen MR) is 64.0 cm³/mol. The molecule has 1 aromatic carbocycles. The Kier molecular flexibility index (Phi) is 3.53. The molecule has 0 aliphatic heterocycles. The van der Waals surface area contributed by atoms with Gasteiger partial charge in [0.2, 0.25) is 0 Å². The maximum absolute atomic E-state index is 13.8. The molecule has 0 spiro atoms. The van der Waals surface area contributed by atoms with Crippen LogP contribution in [-0.2, 0) is 14.3 Å². The molecule has 106 valence electrons. The quantitative estimate of drug-likeness (QED) is 0.800. The largest absolute Gasteiger partial charge is 0.495 e. The number of hydrogen-bond donors (Lipinski definition) is 0. The Bertz CT molecular complexity index is 587. The van der Waals surface area contributed by atoms with E-state index in [2.05, 4.69) is 4.18 Å². The van der Waals surface area contributed by atoms with Gasteiger partial charge in [-0.25, -0.2) is 13.0 Å². The number of rotatable bonds is 4. The minimum Gasteiger partial charge on any atom is -0.495 e. The Hall–Kier alpha value is -1.21. The summed E-state index contributed by atoms with van der Waals surface area (Å²) in [7, 11) is -3.12. The fraction of sp³-hybridized carbons (Fsp3) is 0.500. The molecule has 1 aliphatic rings. The van der Waals surface area contributed by atoms with Crippen LogP contribution in [0.1, 0.15) is 18.4 Å². The van der Waals surface area contributed by atoms with Gasteiger partial charge in [0, 0.05) is 6.42 Å². The predicted octanol–water partition coefficient (Wildman–Crippen LogP) is 2.51. The van der Waals surface area contributed by atoms with Crippen molar-refractivity contribution in [1.29, 1.82) is 0 Å². The number of methoxy groups -OCH3 is 1. The van der Waals surface area contributed by atoms with Crippen LogP contribution >= 0.6 is 0 Å². The third kappa shape index (κ3) is 2.57. The van der Waals surface area contributed by atoms with Gasteiger partial charge in [0.1, 0.15) is 10.6 Å². The average Bonchev–Trinajstić information content (AvgIpc) is 2.35. The van der Waals surface area contributed by atoms with Crippen LogP contribution in [0.15, 0.2) is 23.1 Å². The van der Waals surface area contributed by atoms with Gasteiger partial charge in [-0.3, -0.25) is 0 Å². The molecule has 0 amide bonds. The molecule has 2 atom stereocenters. The van der Waals surface area contributed by atoms with E-state index in [0.717, 1.165) is 5.56 Å². The molecule has 0 saturated heterocycles. The molecule has 2 unspecified atom stereocenters. The number of benzene rings is 1. The van der Waals surface area contributed by atoms with Crippen molar-refractivity contribution in [3.63, 3.8) is 0 Å². The summed E-state index contributed by atoms with van der Waals surface area (Å²) in [6.45, 7) is 1.75. The minimum absolute atomic E-state index is 0.0401. The number of ether oxygens (including phenoxy) is 1. The zero-order chi connectivity index (χ0) is 14.3. The smallest absolute Gasteiger partial charge is 0.303 e. The third-order valence-electron chi connectivity index (χ3n) is 3.04. The van der Waals surface area contributed by atoms with Crippen LogP contribution in [-0.4, -0.2) is 27.6 Å². The van der Waals surface area contributed by atoms with Gasteiger partial charge in [0.25, 0.3) is 5.85 Å². The summed E-state index contributed by atoms with van der Waals surface area (Å²) in [5, 5.41) is 0. The topological polar surface area (TPSA) is 52.6 Å². The molecule has 0 radical (unpaired) electrons. The molecule has 2 rings (SSSR count). The van der Waals surface area contributed by atoms with Crippen molar-refractivity contribution in [3.05, 3.63) is 23.8 Å². The van der Waals surface area contributed by atoms with Crippen molar-refractivity contribution in [2.75, 3.05) is 7.11 Å². The summed E-state index contributed by atoms with van der Waals surface area (Å²) in [6.07, 6.45) is -2.24. The van der Waals surface area contributed by atoms with Crippen LogP contribution in [0, 0.1) is 6.92 Å². The van der Waals surface area contributed by atoms with Gasteiger partial charge in [-0.2, -0.15) is 8.42 Å². The monoisotopic (exact) mass is 292 g/mol. The molecule has 0 heterocycles. The van der Waals surface area contributed by atoms with E-state index in [0.29, 0.717) is 0 Å². The standard InChI is InChI=1S/C12H14F2O4S/c1-8-3-4-10(9(7-8)17-2)19(15,16)18-12(14)6-5-11(12)13/h3-4,7,11H,5-6H2,1-2H3. The molecule has 1 fully saturated rings. The van der Waals surface area contributed by atoms with E-state index in [1.165, 1.54) is 25.3 Å². The second-order valence-corrected chi connectivity index (χ2v) is 6.00. The summed E-state index contributed by atoms with van der Waals surface area (Å²) in [4.78, 5) is -0.309. The first kappa shape index (κ1) is 14.2. The van der Waals surface area contributed by atoms with Crippen molar-refractivity contribution < 1.29 is 26.1 Å². The van der Waals surface area contributed by atoms with Crippen LogP contribution in [0.4, 0.5) is 8.78 Å². The lowest BCUT2D eigenvalue weighted by Gasteiger charge is -2.36. The maximum atomic E-state index is 13.8. The van der Waals surface area contributed by atoms with E-state index in [1.807, 2.05) is 0 Å². The summed E-state index contributed by atoms with van der Waals surface area (Å²) in [6, 6.07) is 4.25. The first-order valence-electron chi connectivity index (χ1n) is 5.72. The van der Waals surface area contributed by atoms with Gasteiger partial charge >= 0.3 is 10.1 Å². The molecule has 1 aromatic rings. The van der Waals surface area contributed by atoms with Gasteiger partial charge in [-0.1, -0.05) is 6.07 Å². The van der Waals surface area contributed by atoms with Gasteiger partial charge in [-0.05, 0) is 31.0 Å². The Morgan fingerprint density at radius 3 is 2.58 bits per heavy atom. The van der Waals surface area contributed by atoms with Crippen LogP contribution in [0.5, 0.6) is 5.75 Å². The molecule has 4 nitrogen and oxygen atoms in total. The second-order valence-electron chi connectivity index (χ2n) is 4.48. The van der Waals surface area contributed by atoms with Gasteiger partial charge in [-0.15, -0.1) is 0 Å². The number of alkyl halides is 2. The molecule has 1 saturated carbocycles. The Morgan fingerprint density at radius 1 is 1.42 bits per heavy atom. The Morgan fingerprint density at radius 2 is 2.11 bits per heavy atom. The van der Waals surface area contributed by atoms with E-state index >= 15 is 0 Å². The molecule has 1 aliphatic carbocycles. The van der Waals surface area contributed by atoms with E-state index < -0.39 is 22.1 Å². The first-order valence-corrected chi connectivity index (χ1v) is 7.12. The maximum Gasteiger partial charge on any atom is 0.303 e. The van der Waals surface area contributed by atoms with E-state index in [1.54, 1.807) is 6.92 Å². The molecule has 0 bridgehead atoms. The Balaban J connectivity index is 2.35. The van der Waals surface area contributed by atoms with Crippen molar-refractivity contribution in [1.82, 2.24) is 0 Å². The lowest BCUT2D eigenvalue weighted by Crippen LogP contribution is -2.48. The zero-order valence-corrected chi connectivity index (χ0v) is 11.3. The van der Waals surface area contributed by atoms with Crippen molar-refractivity contribution in [2.45, 2.75) is 36.7 Å². The van der Waals surface area contributed by atoms with Crippen molar-refractivity contribution >= 4 is 10.1 Å². The summed E-state index contributed by atoms with van der Waals surface area (Å²) in [5.41, 5.74) is 0.776. The van der Waals surface area contributed by atoms with Crippen LogP contribution in [0.3, 0.4) is 0 Å². The fourth-order valence-electron chi connectivity index (χ4n) is 1.78. The van der Waals surface area contributed by atoms with Crippen molar-refractivity contribution in [2.24, 2.45) is 0 Å². The normalized spacial score (nSPS) is 26.8. The minimum atomic E-state index is -4.41. The Labute approximate surface area is 110 Å². The molecule has 0 aromatic heterocycles. The SMILES string of the molecule is COc1cc(C)ccc1S(=O)(=O)OC1(F)CCC1F. The number of halogens is 2. The summed E-state index contributed by atoms with van der Waals surface area (Å²) in [5.74, 6) is -2.72. The lowest BCUT2D eigenvalue weighted by molar-refractivity contribution is -0.178. The highest BCUT2D eigenvalue weighted by atomic mass is 32.2. The molecular formula is C12H14F2O4S. The highest BCUT2D eigenvalue weighted by Gasteiger charge is 2.53. The van der Waals surface area contributed by atoms with E-state index in [4.69, 9.17) is 4.74 Å². The first-order chi connectivity index (χ1) is 8.78. The van der Waals surface area contributed by atoms with E-state index in [-0.39, 0.29) is 23.5 Å². The lowest BCUT2D eigenvalue weighted by atomic mass is 9.91. The highest BCUT2D eigenvalue weighted by Crippen LogP contribution is 2.42. The fourth-order valence-corrected chi connectivity index (χ4v) is 3.05. The van der Waals surface area contributed by atoms with Crippen LogP contribution < -0.4 is 4.74 Å². The van der Waals surface area contributed by atoms with Gasteiger partial charge < -0.3 is 4.74 Å². The van der Waals surface area contributed by atoms with Gasteiger partial charge in [0.05, 0.1) is 7.11 Å². The molecule has 7 heteroatoms. The van der Waals surface area contributed by atoms with E-state index in [9.17, 15) is 17.2 Å². The third-order valence-corrected chi connectivity index (χ3v) is 4.42. The summed E-state index contributed by atoms with van der Waals surface area (Å²) >= 11 is 0. The number of hydrogen-bond acceptors (Lipinski definition) is 4. The summed E-state index contributed by atoms with van der Waals surface area (Å²) < 4.78 is 60.1. The van der Waals surface area contributed by atoms with Gasteiger partial charge in [0.15, 0.2) is 6.17 Å².